The second-order valence-corrected chi connectivity index (χ2v) is 7.91. The van der Waals surface area contributed by atoms with E-state index in [1.54, 1.807) is 30.7 Å². The zero-order valence-electron chi connectivity index (χ0n) is 17.6. The van der Waals surface area contributed by atoms with Crippen LogP contribution in [0.1, 0.15) is 30.5 Å². The Morgan fingerprint density at radius 1 is 1.14 bits per heavy atom. The van der Waals surface area contributed by atoms with Crippen LogP contribution < -0.4 is 10.1 Å². The van der Waals surface area contributed by atoms with E-state index >= 15 is 0 Å². The van der Waals surface area contributed by atoms with Crippen molar-refractivity contribution in [3.8, 4) is 5.75 Å². The highest BCUT2D eigenvalue weighted by Gasteiger charge is 2.25. The Bertz CT molecular complexity index is 825. The average Bonchev–Trinajstić information content (AvgIpc) is 2.71. The van der Waals surface area contributed by atoms with Crippen molar-refractivity contribution in [1.29, 1.82) is 0 Å². The zero-order chi connectivity index (χ0) is 21.2. The molecule has 0 fully saturated rings. The molecule has 2 amide bonds. The Labute approximate surface area is 177 Å². The number of benzene rings is 2. The van der Waals surface area contributed by atoms with Gasteiger partial charge >= 0.3 is 0 Å². The Kier molecular flexibility index (Phi) is 9.06. The lowest BCUT2D eigenvalue weighted by Crippen LogP contribution is -2.48. The maximum absolute atomic E-state index is 13.0. The number of carbonyl (C=O) groups is 2. The maximum atomic E-state index is 13.0. The first-order valence-corrected chi connectivity index (χ1v) is 10.9. The van der Waals surface area contributed by atoms with Crippen LogP contribution in [0.3, 0.4) is 0 Å². The third-order valence-corrected chi connectivity index (χ3v) is 5.57. The predicted octanol–water partition coefficient (Wildman–Crippen LogP) is 3.79. The molecule has 0 saturated heterocycles. The fraction of sp³-hybridized carbons (Fsp3) is 0.391. The number of rotatable bonds is 10. The van der Waals surface area contributed by atoms with E-state index in [1.165, 1.54) is 11.1 Å². The Morgan fingerprint density at radius 2 is 1.86 bits per heavy atom. The average molecular weight is 415 g/mol. The van der Waals surface area contributed by atoms with Crippen LogP contribution in [0.4, 0.5) is 0 Å². The van der Waals surface area contributed by atoms with Gasteiger partial charge in [0.15, 0.2) is 0 Å². The molecule has 2 rings (SSSR count). The quantitative estimate of drug-likeness (QED) is 0.643. The van der Waals surface area contributed by atoms with Crippen LogP contribution in [-0.2, 0) is 21.9 Å². The molecule has 0 spiro atoms. The molecule has 2 aromatic rings. The van der Waals surface area contributed by atoms with Gasteiger partial charge in [0.25, 0.3) is 0 Å². The molecule has 0 aliphatic rings. The third kappa shape index (κ3) is 7.13. The van der Waals surface area contributed by atoms with E-state index in [-0.39, 0.29) is 11.8 Å². The van der Waals surface area contributed by atoms with Gasteiger partial charge in [0.1, 0.15) is 11.8 Å². The van der Waals surface area contributed by atoms with Crippen molar-refractivity contribution in [2.24, 2.45) is 0 Å². The summed E-state index contributed by atoms with van der Waals surface area (Å²) in [5.74, 6) is 1.61. The Hall–Kier alpha value is -2.47. The lowest BCUT2D eigenvalue weighted by atomic mass is 10.1. The number of ether oxygens (including phenoxy) is 1. The predicted molar refractivity (Wildman–Crippen MR) is 119 cm³/mol. The monoisotopic (exact) mass is 414 g/mol. The molecular formula is C23H30N2O3S. The number of methoxy groups -OCH3 is 1. The first-order chi connectivity index (χ1) is 13.9. The summed E-state index contributed by atoms with van der Waals surface area (Å²) in [5, 5.41) is 2.81. The van der Waals surface area contributed by atoms with Crippen LogP contribution in [-0.4, -0.2) is 42.2 Å². The normalized spacial score (nSPS) is 11.6. The molecule has 0 aliphatic carbocycles. The summed E-state index contributed by atoms with van der Waals surface area (Å²) < 4.78 is 5.28. The molecule has 29 heavy (non-hydrogen) atoms. The van der Waals surface area contributed by atoms with E-state index in [4.69, 9.17) is 4.74 Å². The van der Waals surface area contributed by atoms with Crippen molar-refractivity contribution >= 4 is 23.6 Å². The summed E-state index contributed by atoms with van der Waals surface area (Å²) in [5.41, 5.74) is 3.33. The molecule has 6 heteroatoms. The van der Waals surface area contributed by atoms with Gasteiger partial charge in [0.2, 0.25) is 11.8 Å². The SMILES string of the molecule is CCNC(=O)[C@@H](C)N(Cc1cccc(OC)c1)C(=O)CSCc1cccc(C)c1. The standard InChI is InChI=1S/C23H30N2O3S/c1-5-24-23(27)18(3)25(14-19-9-7-11-21(13-19)28-4)22(26)16-29-15-20-10-6-8-17(2)12-20/h6-13,18H,5,14-16H2,1-4H3,(H,24,27)/t18-/m1/s1. The second kappa shape index (κ2) is 11.5. The number of nitrogens with zero attached hydrogens (tertiary/aromatic N) is 1. The van der Waals surface area contributed by atoms with Crippen molar-refractivity contribution in [3.05, 3.63) is 65.2 Å². The zero-order valence-corrected chi connectivity index (χ0v) is 18.4. The van der Waals surface area contributed by atoms with Crippen molar-refractivity contribution in [2.75, 3.05) is 19.4 Å². The molecule has 0 aromatic heterocycles. The number of hydrogen-bond donors (Lipinski definition) is 1. The minimum absolute atomic E-state index is 0.0516. The molecule has 0 aliphatic heterocycles. The van der Waals surface area contributed by atoms with E-state index in [0.29, 0.717) is 18.8 Å². The highest BCUT2D eigenvalue weighted by molar-refractivity contribution is 7.99. The first kappa shape index (κ1) is 22.8. The number of likely N-dealkylation sites (N-methyl/N-ethyl adjacent to an activating group) is 1. The fourth-order valence-corrected chi connectivity index (χ4v) is 3.87. The summed E-state index contributed by atoms with van der Waals surface area (Å²) in [6.07, 6.45) is 0. The molecule has 1 atom stereocenters. The van der Waals surface area contributed by atoms with E-state index in [9.17, 15) is 9.59 Å². The number of aryl methyl sites for hydroxylation is 1. The summed E-state index contributed by atoms with van der Waals surface area (Å²) in [6.45, 7) is 6.60. The highest BCUT2D eigenvalue weighted by Crippen LogP contribution is 2.19. The molecule has 0 unspecified atom stereocenters. The van der Waals surface area contributed by atoms with E-state index in [2.05, 4.69) is 30.4 Å². The third-order valence-electron chi connectivity index (χ3n) is 4.58. The number of amides is 2. The van der Waals surface area contributed by atoms with E-state index in [0.717, 1.165) is 17.1 Å². The van der Waals surface area contributed by atoms with Crippen LogP contribution in [0.15, 0.2) is 48.5 Å². The number of thioether (sulfide) groups is 1. The van der Waals surface area contributed by atoms with Crippen LogP contribution in [0.25, 0.3) is 0 Å². The molecule has 1 N–H and O–H groups in total. The molecule has 0 radical (unpaired) electrons. The van der Waals surface area contributed by atoms with Gasteiger partial charge in [-0.15, -0.1) is 11.8 Å². The highest BCUT2D eigenvalue weighted by atomic mass is 32.2. The van der Waals surface area contributed by atoms with Crippen molar-refractivity contribution < 1.29 is 14.3 Å². The molecule has 2 aromatic carbocycles. The Balaban J connectivity index is 2.08. The minimum Gasteiger partial charge on any atom is -0.497 e. The van der Waals surface area contributed by atoms with Crippen LogP contribution >= 0.6 is 11.8 Å². The van der Waals surface area contributed by atoms with Gasteiger partial charge in [0, 0.05) is 18.8 Å². The lowest BCUT2D eigenvalue weighted by Gasteiger charge is -2.28. The van der Waals surface area contributed by atoms with Crippen LogP contribution in [0.2, 0.25) is 0 Å². The molecular weight excluding hydrogens is 384 g/mol. The Morgan fingerprint density at radius 3 is 2.55 bits per heavy atom. The van der Waals surface area contributed by atoms with Crippen LogP contribution in [0.5, 0.6) is 5.75 Å². The number of carbonyl (C=O) groups excluding carboxylic acids is 2. The van der Waals surface area contributed by atoms with Gasteiger partial charge in [-0.05, 0) is 44.0 Å². The van der Waals surface area contributed by atoms with Gasteiger partial charge in [-0.3, -0.25) is 9.59 Å². The number of nitrogens with one attached hydrogen (secondary N) is 1. The summed E-state index contributed by atoms with van der Waals surface area (Å²) in [4.78, 5) is 27.0. The van der Waals surface area contributed by atoms with E-state index < -0.39 is 6.04 Å². The van der Waals surface area contributed by atoms with Gasteiger partial charge < -0.3 is 15.0 Å². The van der Waals surface area contributed by atoms with Crippen LogP contribution in [0, 0.1) is 6.92 Å². The van der Waals surface area contributed by atoms with Crippen molar-refractivity contribution in [3.63, 3.8) is 0 Å². The molecule has 5 nitrogen and oxygen atoms in total. The lowest BCUT2D eigenvalue weighted by molar-refractivity contribution is -0.138. The number of hydrogen-bond acceptors (Lipinski definition) is 4. The largest absolute Gasteiger partial charge is 0.497 e. The fourth-order valence-electron chi connectivity index (χ4n) is 3.01. The molecule has 0 saturated carbocycles. The smallest absolute Gasteiger partial charge is 0.242 e. The first-order valence-electron chi connectivity index (χ1n) is 9.78. The van der Waals surface area contributed by atoms with Gasteiger partial charge in [-0.1, -0.05) is 42.0 Å². The molecule has 156 valence electrons. The van der Waals surface area contributed by atoms with Crippen molar-refractivity contribution in [2.45, 2.75) is 39.1 Å². The van der Waals surface area contributed by atoms with Gasteiger partial charge in [-0.25, -0.2) is 0 Å². The summed E-state index contributed by atoms with van der Waals surface area (Å²) in [7, 11) is 1.61. The minimum atomic E-state index is -0.548. The summed E-state index contributed by atoms with van der Waals surface area (Å²) in [6, 6.07) is 15.3. The second-order valence-electron chi connectivity index (χ2n) is 6.93. The maximum Gasteiger partial charge on any atom is 0.242 e. The van der Waals surface area contributed by atoms with E-state index in [1.807, 2.05) is 37.3 Å². The van der Waals surface area contributed by atoms with Gasteiger partial charge in [0.05, 0.1) is 12.9 Å². The molecule has 0 bridgehead atoms. The topological polar surface area (TPSA) is 58.6 Å². The molecule has 0 heterocycles. The van der Waals surface area contributed by atoms with Gasteiger partial charge in [-0.2, -0.15) is 0 Å². The summed E-state index contributed by atoms with van der Waals surface area (Å²) >= 11 is 1.56. The van der Waals surface area contributed by atoms with Crippen molar-refractivity contribution in [1.82, 2.24) is 10.2 Å².